The number of ether oxygens (including phenoxy) is 3. The Labute approximate surface area is 199 Å². The van der Waals surface area contributed by atoms with E-state index in [1.165, 1.54) is 19.2 Å². The third kappa shape index (κ3) is 4.74. The van der Waals surface area contributed by atoms with Gasteiger partial charge >= 0.3 is 10.9 Å². The summed E-state index contributed by atoms with van der Waals surface area (Å²) in [6.07, 6.45) is -0.839. The molecule has 0 saturated carbocycles. The Morgan fingerprint density at radius 3 is 2.79 bits per heavy atom. The highest BCUT2D eigenvalue weighted by atomic mass is 32.1. The molecule has 1 amide bonds. The molecule has 0 radical (unpaired) electrons. The topological polar surface area (TPSA) is 136 Å². The Morgan fingerprint density at radius 1 is 1.35 bits per heavy atom. The lowest BCUT2D eigenvalue weighted by Crippen LogP contribution is -2.43. The molecule has 1 aromatic heterocycles. The lowest BCUT2D eigenvalue weighted by Gasteiger charge is -2.28. The van der Waals surface area contributed by atoms with Crippen LogP contribution in [0.25, 0.3) is 10.8 Å². The summed E-state index contributed by atoms with van der Waals surface area (Å²) in [4.78, 5) is 27.7. The average molecular weight is 481 g/mol. The van der Waals surface area contributed by atoms with Gasteiger partial charge in [0.05, 0.1) is 12.7 Å². The molecule has 3 aromatic rings. The van der Waals surface area contributed by atoms with Crippen molar-refractivity contribution in [3.63, 3.8) is 0 Å². The van der Waals surface area contributed by atoms with Crippen molar-refractivity contribution < 1.29 is 24.1 Å². The molecule has 1 fully saturated rings. The number of nitrogens with one attached hydrogen (secondary N) is 1. The van der Waals surface area contributed by atoms with E-state index in [0.29, 0.717) is 5.75 Å². The summed E-state index contributed by atoms with van der Waals surface area (Å²) < 4.78 is 18.2. The first kappa shape index (κ1) is 23.3. The summed E-state index contributed by atoms with van der Waals surface area (Å²) in [6.45, 7) is 0.873. The predicted molar refractivity (Wildman–Crippen MR) is 125 cm³/mol. The van der Waals surface area contributed by atoms with Gasteiger partial charge in [-0.25, -0.2) is 4.79 Å². The smallest absolute Gasteiger partial charge is 0.359 e. The standard InChI is InChI=1S/C23H20N4O6S/c1-14(29)25-19-8-9-27(21(30)26-19)20-23(13-24,11-18(12-28)31-20)33-22(34)32-17-7-6-15-4-2-3-5-16(15)10-17/h2-10,18,20,28H,11-12H2,1H3,(H,25,26,29,30)/t18-,20+,23?/m0/s1. The highest BCUT2D eigenvalue weighted by Crippen LogP contribution is 2.40. The fourth-order valence-corrected chi connectivity index (χ4v) is 3.98. The van der Waals surface area contributed by atoms with Crippen molar-refractivity contribution in [2.75, 3.05) is 11.9 Å². The van der Waals surface area contributed by atoms with E-state index >= 15 is 0 Å². The summed E-state index contributed by atoms with van der Waals surface area (Å²) in [6, 6.07) is 16.4. The molecule has 0 bridgehead atoms. The maximum absolute atomic E-state index is 12.6. The van der Waals surface area contributed by atoms with E-state index in [-0.39, 0.29) is 17.5 Å². The van der Waals surface area contributed by atoms with Crippen LogP contribution in [0.5, 0.6) is 5.75 Å². The van der Waals surface area contributed by atoms with Gasteiger partial charge in [-0.3, -0.25) is 9.36 Å². The molecular formula is C23H20N4O6S. The molecule has 2 heterocycles. The van der Waals surface area contributed by atoms with Crippen molar-refractivity contribution in [2.45, 2.75) is 31.3 Å². The highest BCUT2D eigenvalue weighted by Gasteiger charge is 2.54. The number of hydrogen-bond donors (Lipinski definition) is 2. The number of aromatic nitrogens is 2. The molecule has 10 nitrogen and oxygen atoms in total. The molecule has 11 heteroatoms. The number of nitriles is 1. The van der Waals surface area contributed by atoms with E-state index in [1.54, 1.807) is 12.1 Å². The van der Waals surface area contributed by atoms with Gasteiger partial charge in [-0.2, -0.15) is 10.2 Å². The summed E-state index contributed by atoms with van der Waals surface area (Å²) in [5, 5.41) is 23.7. The molecule has 1 saturated heterocycles. The lowest BCUT2D eigenvalue weighted by molar-refractivity contribution is -0.114. The van der Waals surface area contributed by atoms with Crippen molar-refractivity contribution in [2.24, 2.45) is 0 Å². The van der Waals surface area contributed by atoms with Gasteiger partial charge < -0.3 is 24.6 Å². The molecule has 174 valence electrons. The largest absolute Gasteiger partial charge is 0.429 e. The van der Waals surface area contributed by atoms with Gasteiger partial charge in [0.15, 0.2) is 6.23 Å². The monoisotopic (exact) mass is 480 g/mol. The third-order valence-electron chi connectivity index (χ3n) is 5.22. The Hall–Kier alpha value is -3.85. The minimum Gasteiger partial charge on any atom is -0.429 e. The molecule has 1 unspecified atom stereocenters. The van der Waals surface area contributed by atoms with Gasteiger partial charge in [0, 0.05) is 31.8 Å². The first-order chi connectivity index (χ1) is 16.3. The molecule has 3 atom stereocenters. The SMILES string of the molecule is CC(=O)Nc1ccn([C@@H]2O[C@H](CO)CC2(C#N)OC(=S)Oc2ccc3ccccc3c2)c(=O)n1. The molecular weight excluding hydrogens is 460 g/mol. The van der Waals surface area contributed by atoms with E-state index in [1.807, 2.05) is 36.4 Å². The molecule has 1 aliphatic heterocycles. The van der Waals surface area contributed by atoms with Crippen LogP contribution < -0.4 is 15.7 Å². The minimum absolute atomic E-state index is 0.0455. The van der Waals surface area contributed by atoms with Crippen LogP contribution in [0, 0.1) is 11.3 Å². The van der Waals surface area contributed by atoms with Crippen molar-refractivity contribution >= 4 is 40.0 Å². The van der Waals surface area contributed by atoms with Crippen molar-refractivity contribution in [1.29, 1.82) is 5.26 Å². The predicted octanol–water partition coefficient (Wildman–Crippen LogP) is 2.28. The number of carbonyl (C=O) groups is 1. The maximum atomic E-state index is 12.6. The number of thiocarbonyl (C=S) groups is 1. The Kier molecular flexibility index (Phi) is 6.56. The second kappa shape index (κ2) is 9.56. The first-order valence-corrected chi connectivity index (χ1v) is 10.7. The molecule has 0 aliphatic carbocycles. The molecule has 4 rings (SSSR count). The van der Waals surface area contributed by atoms with Gasteiger partial charge in [0.25, 0.3) is 0 Å². The number of benzene rings is 2. The lowest BCUT2D eigenvalue weighted by atomic mass is 9.99. The number of carbonyl (C=O) groups excluding carboxylic acids is 1. The Morgan fingerprint density at radius 2 is 2.12 bits per heavy atom. The number of aliphatic hydroxyl groups excluding tert-OH is 1. The molecule has 2 aromatic carbocycles. The number of nitrogens with zero attached hydrogens (tertiary/aromatic N) is 3. The van der Waals surface area contributed by atoms with Crippen LogP contribution in [-0.4, -0.2) is 44.1 Å². The zero-order valence-corrected chi connectivity index (χ0v) is 18.8. The van der Waals surface area contributed by atoms with Gasteiger partial charge in [-0.1, -0.05) is 30.3 Å². The van der Waals surface area contributed by atoms with Crippen LogP contribution in [0.1, 0.15) is 19.6 Å². The van der Waals surface area contributed by atoms with Gasteiger partial charge in [-0.05, 0) is 29.0 Å². The maximum Gasteiger partial charge on any atom is 0.359 e. The average Bonchev–Trinajstić information content (AvgIpc) is 3.17. The summed E-state index contributed by atoms with van der Waals surface area (Å²) in [5.41, 5.74) is -2.57. The number of aliphatic hydroxyl groups is 1. The quantitative estimate of drug-likeness (QED) is 0.527. The minimum atomic E-state index is -1.78. The number of hydrogen-bond acceptors (Lipinski definition) is 9. The number of fused-ring (bicyclic) bond motifs is 1. The number of amides is 1. The van der Waals surface area contributed by atoms with E-state index in [0.717, 1.165) is 15.3 Å². The molecule has 0 spiro atoms. The summed E-state index contributed by atoms with van der Waals surface area (Å²) in [7, 11) is 0. The van der Waals surface area contributed by atoms with Crippen LogP contribution in [0.15, 0.2) is 59.5 Å². The molecule has 34 heavy (non-hydrogen) atoms. The normalized spacial score (nSPS) is 21.6. The second-order valence-electron chi connectivity index (χ2n) is 7.65. The van der Waals surface area contributed by atoms with E-state index in [2.05, 4.69) is 10.3 Å². The molecule has 2 N–H and O–H groups in total. The van der Waals surface area contributed by atoms with Crippen LogP contribution in [0.3, 0.4) is 0 Å². The first-order valence-electron chi connectivity index (χ1n) is 10.3. The van der Waals surface area contributed by atoms with E-state index in [4.69, 9.17) is 26.4 Å². The van der Waals surface area contributed by atoms with Crippen molar-refractivity contribution in [3.8, 4) is 11.8 Å². The van der Waals surface area contributed by atoms with E-state index < -0.39 is 36.1 Å². The Bertz CT molecular complexity index is 1350. The van der Waals surface area contributed by atoms with Crippen LogP contribution in [-0.2, 0) is 14.3 Å². The van der Waals surface area contributed by atoms with Crippen molar-refractivity contribution in [1.82, 2.24) is 9.55 Å². The fraction of sp³-hybridized carbons (Fsp3) is 0.261. The fourth-order valence-electron chi connectivity index (χ4n) is 3.73. The zero-order chi connectivity index (χ0) is 24.3. The zero-order valence-electron chi connectivity index (χ0n) is 18.0. The highest BCUT2D eigenvalue weighted by molar-refractivity contribution is 7.79. The van der Waals surface area contributed by atoms with Crippen molar-refractivity contribution in [3.05, 3.63) is 65.2 Å². The van der Waals surface area contributed by atoms with Gasteiger partial charge in [0.1, 0.15) is 17.6 Å². The van der Waals surface area contributed by atoms with Crippen LogP contribution in [0.2, 0.25) is 0 Å². The second-order valence-corrected chi connectivity index (χ2v) is 7.98. The third-order valence-corrected chi connectivity index (χ3v) is 5.39. The van der Waals surface area contributed by atoms with Crippen LogP contribution >= 0.6 is 12.2 Å². The molecule has 1 aliphatic rings. The van der Waals surface area contributed by atoms with Crippen LogP contribution in [0.4, 0.5) is 5.82 Å². The number of rotatable bonds is 5. The summed E-state index contributed by atoms with van der Waals surface area (Å²) in [5.74, 6) is 0.0570. The van der Waals surface area contributed by atoms with Gasteiger partial charge in [-0.15, -0.1) is 0 Å². The van der Waals surface area contributed by atoms with E-state index in [9.17, 15) is 20.0 Å². The van der Waals surface area contributed by atoms with Gasteiger partial charge in [0.2, 0.25) is 11.5 Å². The Balaban J connectivity index is 1.60. The number of anilines is 1. The summed E-state index contributed by atoms with van der Waals surface area (Å²) >= 11 is 5.25.